The second-order valence-electron chi connectivity index (χ2n) is 4.16. The van der Waals surface area contributed by atoms with E-state index in [4.69, 9.17) is 15.2 Å². The molecule has 0 aliphatic rings. The van der Waals surface area contributed by atoms with Gasteiger partial charge < -0.3 is 15.2 Å². The van der Waals surface area contributed by atoms with Crippen LogP contribution < -0.4 is 10.5 Å². The maximum Gasteiger partial charge on any atom is 0.348 e. The van der Waals surface area contributed by atoms with Gasteiger partial charge in [0.2, 0.25) is 0 Å². The van der Waals surface area contributed by atoms with Crippen LogP contribution in [0.15, 0.2) is 28.7 Å². The molecule has 0 saturated carbocycles. The predicted molar refractivity (Wildman–Crippen MR) is 83.3 cm³/mol. The molecule has 0 unspecified atom stereocenters. The van der Waals surface area contributed by atoms with Crippen molar-refractivity contribution in [3.8, 4) is 5.75 Å². The van der Waals surface area contributed by atoms with E-state index in [0.717, 1.165) is 20.7 Å². The fourth-order valence-electron chi connectivity index (χ4n) is 1.60. The van der Waals surface area contributed by atoms with Gasteiger partial charge in [0.1, 0.15) is 17.2 Å². The predicted octanol–water partition coefficient (Wildman–Crippen LogP) is 3.77. The van der Waals surface area contributed by atoms with Crippen LogP contribution in [-0.4, -0.2) is 13.1 Å². The second kappa shape index (κ2) is 6.28. The minimum absolute atomic E-state index is 0.174. The summed E-state index contributed by atoms with van der Waals surface area (Å²) in [4.78, 5) is 13.4. The Kier molecular flexibility index (Phi) is 4.67. The molecular formula is C14H14BrNO3S. The Morgan fingerprint density at radius 2 is 2.15 bits per heavy atom. The molecule has 20 heavy (non-hydrogen) atoms. The lowest BCUT2D eigenvalue weighted by Gasteiger charge is -2.08. The standard InChI is InChI=1S/C14H14BrNO3S/c1-8-12(16)6-13(20-8)14(17)19-7-9-5-10(18-2)3-4-11(9)15/h3-6H,7,16H2,1-2H3. The Morgan fingerprint density at radius 1 is 1.40 bits per heavy atom. The van der Waals surface area contributed by atoms with Gasteiger partial charge in [0.25, 0.3) is 0 Å². The molecule has 1 aromatic carbocycles. The van der Waals surface area contributed by atoms with Crippen molar-refractivity contribution < 1.29 is 14.3 Å². The first-order valence-electron chi connectivity index (χ1n) is 5.86. The molecule has 0 aliphatic carbocycles. The molecule has 2 N–H and O–H groups in total. The van der Waals surface area contributed by atoms with Gasteiger partial charge in [-0.2, -0.15) is 0 Å². The normalized spacial score (nSPS) is 10.3. The zero-order chi connectivity index (χ0) is 14.7. The molecule has 106 valence electrons. The van der Waals surface area contributed by atoms with Gasteiger partial charge in [0.05, 0.1) is 7.11 Å². The van der Waals surface area contributed by atoms with Crippen LogP contribution in [0.1, 0.15) is 20.1 Å². The van der Waals surface area contributed by atoms with Crippen LogP contribution in [-0.2, 0) is 11.3 Å². The lowest BCUT2D eigenvalue weighted by Crippen LogP contribution is -2.04. The lowest BCUT2D eigenvalue weighted by molar-refractivity contribution is 0.0477. The van der Waals surface area contributed by atoms with Crippen molar-refractivity contribution in [2.24, 2.45) is 0 Å². The highest BCUT2D eigenvalue weighted by Gasteiger charge is 2.13. The molecular weight excluding hydrogens is 342 g/mol. The molecule has 6 heteroatoms. The summed E-state index contributed by atoms with van der Waals surface area (Å²) in [5.74, 6) is 0.347. The molecule has 0 spiro atoms. The third-order valence-corrected chi connectivity index (χ3v) is 4.59. The highest BCUT2D eigenvalue weighted by atomic mass is 79.9. The summed E-state index contributed by atoms with van der Waals surface area (Å²) < 4.78 is 11.3. The monoisotopic (exact) mass is 355 g/mol. The number of hydrogen-bond acceptors (Lipinski definition) is 5. The average Bonchev–Trinajstić information content (AvgIpc) is 2.77. The van der Waals surface area contributed by atoms with Gasteiger partial charge >= 0.3 is 5.97 Å². The highest BCUT2D eigenvalue weighted by molar-refractivity contribution is 9.10. The van der Waals surface area contributed by atoms with Crippen molar-refractivity contribution in [3.05, 3.63) is 44.1 Å². The molecule has 2 rings (SSSR count). The summed E-state index contributed by atoms with van der Waals surface area (Å²) in [7, 11) is 1.59. The van der Waals surface area contributed by atoms with Crippen molar-refractivity contribution >= 4 is 38.9 Å². The first-order chi connectivity index (χ1) is 9.51. The number of aryl methyl sites for hydroxylation is 1. The van der Waals surface area contributed by atoms with Crippen molar-refractivity contribution in [2.45, 2.75) is 13.5 Å². The van der Waals surface area contributed by atoms with Crippen LogP contribution in [0.5, 0.6) is 5.75 Å². The van der Waals surface area contributed by atoms with E-state index in [9.17, 15) is 4.79 Å². The molecule has 1 heterocycles. The van der Waals surface area contributed by atoms with Crippen LogP contribution in [0.3, 0.4) is 0 Å². The Balaban J connectivity index is 2.06. The molecule has 1 aromatic heterocycles. The van der Waals surface area contributed by atoms with Crippen LogP contribution in [0.4, 0.5) is 5.69 Å². The van der Waals surface area contributed by atoms with Gasteiger partial charge in [-0.25, -0.2) is 4.79 Å². The minimum atomic E-state index is -0.371. The molecule has 0 radical (unpaired) electrons. The van der Waals surface area contributed by atoms with E-state index >= 15 is 0 Å². The number of ether oxygens (including phenoxy) is 2. The lowest BCUT2D eigenvalue weighted by atomic mass is 10.2. The van der Waals surface area contributed by atoms with E-state index in [1.807, 2.05) is 25.1 Å². The number of carbonyl (C=O) groups is 1. The molecule has 0 saturated heterocycles. The van der Waals surface area contributed by atoms with Gasteiger partial charge in [-0.1, -0.05) is 15.9 Å². The summed E-state index contributed by atoms with van der Waals surface area (Å²) in [6.45, 7) is 2.04. The van der Waals surface area contributed by atoms with Gasteiger partial charge in [-0.15, -0.1) is 11.3 Å². The number of methoxy groups -OCH3 is 1. The quantitative estimate of drug-likeness (QED) is 0.848. The smallest absolute Gasteiger partial charge is 0.348 e. The van der Waals surface area contributed by atoms with Gasteiger partial charge in [0.15, 0.2) is 0 Å². The average molecular weight is 356 g/mol. The van der Waals surface area contributed by atoms with E-state index in [1.54, 1.807) is 13.2 Å². The number of nitrogen functional groups attached to an aromatic ring is 1. The van der Waals surface area contributed by atoms with Crippen LogP contribution in [0.25, 0.3) is 0 Å². The first kappa shape index (κ1) is 14.9. The molecule has 4 nitrogen and oxygen atoms in total. The van der Waals surface area contributed by atoms with Crippen LogP contribution >= 0.6 is 27.3 Å². The largest absolute Gasteiger partial charge is 0.497 e. The van der Waals surface area contributed by atoms with E-state index < -0.39 is 0 Å². The number of halogens is 1. The maximum atomic E-state index is 11.9. The topological polar surface area (TPSA) is 61.5 Å². The zero-order valence-electron chi connectivity index (χ0n) is 11.1. The van der Waals surface area contributed by atoms with Crippen molar-refractivity contribution in [1.82, 2.24) is 0 Å². The van der Waals surface area contributed by atoms with Gasteiger partial charge in [-0.05, 0) is 31.2 Å². The fraction of sp³-hybridized carbons (Fsp3) is 0.214. The number of carbonyl (C=O) groups excluding carboxylic acids is 1. The number of esters is 1. The molecule has 0 fully saturated rings. The summed E-state index contributed by atoms with van der Waals surface area (Å²) in [5.41, 5.74) is 7.19. The molecule has 0 bridgehead atoms. The molecule has 0 amide bonds. The maximum absolute atomic E-state index is 11.9. The summed E-state index contributed by atoms with van der Waals surface area (Å²) >= 11 is 4.75. The number of thiophene rings is 1. The fourth-order valence-corrected chi connectivity index (χ4v) is 2.80. The second-order valence-corrected chi connectivity index (χ2v) is 6.27. The number of rotatable bonds is 4. The third kappa shape index (κ3) is 3.32. The van der Waals surface area contributed by atoms with Gasteiger partial charge in [-0.3, -0.25) is 0 Å². The number of nitrogens with two attached hydrogens (primary N) is 1. The van der Waals surface area contributed by atoms with E-state index in [0.29, 0.717) is 10.6 Å². The van der Waals surface area contributed by atoms with Gasteiger partial charge in [0, 0.05) is 20.6 Å². The zero-order valence-corrected chi connectivity index (χ0v) is 13.5. The Hall–Kier alpha value is -1.53. The van der Waals surface area contributed by atoms with Crippen molar-refractivity contribution in [1.29, 1.82) is 0 Å². The van der Waals surface area contributed by atoms with E-state index in [2.05, 4.69) is 15.9 Å². The minimum Gasteiger partial charge on any atom is -0.497 e. The highest BCUT2D eigenvalue weighted by Crippen LogP contribution is 2.26. The van der Waals surface area contributed by atoms with E-state index in [1.165, 1.54) is 11.3 Å². The van der Waals surface area contributed by atoms with Crippen LogP contribution in [0.2, 0.25) is 0 Å². The summed E-state index contributed by atoms with van der Waals surface area (Å²) in [6.07, 6.45) is 0. The summed E-state index contributed by atoms with van der Waals surface area (Å²) in [5, 5.41) is 0. The summed E-state index contributed by atoms with van der Waals surface area (Å²) in [6, 6.07) is 7.16. The molecule has 0 atom stereocenters. The van der Waals surface area contributed by atoms with Crippen molar-refractivity contribution in [3.63, 3.8) is 0 Å². The number of anilines is 1. The van der Waals surface area contributed by atoms with Crippen molar-refractivity contribution in [2.75, 3.05) is 12.8 Å². The number of hydrogen-bond donors (Lipinski definition) is 1. The first-order valence-corrected chi connectivity index (χ1v) is 7.47. The Bertz CT molecular complexity index is 620. The number of benzene rings is 1. The SMILES string of the molecule is COc1ccc(Br)c(COC(=O)c2cc(N)c(C)s2)c1. The molecule has 2 aromatic rings. The van der Waals surface area contributed by atoms with Crippen LogP contribution in [0, 0.1) is 6.92 Å². The Morgan fingerprint density at radius 3 is 2.75 bits per heavy atom. The molecule has 0 aliphatic heterocycles. The van der Waals surface area contributed by atoms with E-state index in [-0.39, 0.29) is 12.6 Å². The third-order valence-electron chi connectivity index (χ3n) is 2.77. The Labute approximate surface area is 129 Å².